The Labute approximate surface area is 102 Å². The topological polar surface area (TPSA) is 164 Å². The number of hydrogen-bond acceptors (Lipinski definition) is 5. The van der Waals surface area contributed by atoms with Gasteiger partial charge in [-0.15, -0.1) is 0 Å². The Morgan fingerprint density at radius 3 is 1.17 bits per heavy atom. The van der Waals surface area contributed by atoms with E-state index in [1.54, 1.807) is 0 Å². The second-order valence-electron chi connectivity index (χ2n) is 2.72. The molecule has 18 heavy (non-hydrogen) atoms. The van der Waals surface area contributed by atoms with Crippen molar-refractivity contribution >= 4 is 18.1 Å². The maximum absolute atomic E-state index is 11.1. The number of urea groups is 3. The fourth-order valence-electron chi connectivity index (χ4n) is 0.741. The predicted octanol–water partition coefficient (Wildman–Crippen LogP) is -3.30. The molecule has 0 unspecified atom stereocenters. The van der Waals surface area contributed by atoms with Crippen molar-refractivity contribution in [2.24, 2.45) is 0 Å². The van der Waals surface area contributed by atoms with Crippen LogP contribution in [0.2, 0.25) is 0 Å². The first-order valence-corrected chi connectivity index (χ1v) is 4.87. The molecule has 0 radical (unpaired) electrons. The predicted molar refractivity (Wildman–Crippen MR) is 58.9 cm³/mol. The van der Waals surface area contributed by atoms with Crippen molar-refractivity contribution in [1.29, 1.82) is 0 Å². The highest BCUT2D eigenvalue weighted by atomic mass is 16.3. The van der Waals surface area contributed by atoms with E-state index in [1.807, 2.05) is 10.6 Å². The third kappa shape index (κ3) is 8.99. The number of amides is 6. The van der Waals surface area contributed by atoms with Gasteiger partial charge in [-0.3, -0.25) is 0 Å². The van der Waals surface area contributed by atoms with E-state index < -0.39 is 31.6 Å². The summed E-state index contributed by atoms with van der Waals surface area (Å²) < 4.78 is 0. The number of carbonyl (C=O) groups is 3. The van der Waals surface area contributed by atoms with Crippen molar-refractivity contribution in [3.8, 4) is 0 Å². The van der Waals surface area contributed by atoms with Crippen LogP contribution in [-0.4, -0.2) is 55.1 Å². The van der Waals surface area contributed by atoms with Gasteiger partial charge in [-0.2, -0.15) is 0 Å². The zero-order valence-electron chi connectivity index (χ0n) is 9.45. The molecule has 0 aromatic heterocycles. The van der Waals surface area contributed by atoms with E-state index in [0.717, 1.165) is 0 Å². The third-order valence-corrected chi connectivity index (χ3v) is 1.48. The number of nitrogens with one attached hydrogen (secondary N) is 6. The van der Waals surface area contributed by atoms with Gasteiger partial charge >= 0.3 is 18.1 Å². The van der Waals surface area contributed by atoms with E-state index in [-0.39, 0.29) is 13.3 Å². The fraction of sp³-hybridized carbons (Fsp3) is 0.571. The van der Waals surface area contributed by atoms with Crippen molar-refractivity contribution in [2.75, 3.05) is 26.8 Å². The van der Waals surface area contributed by atoms with Gasteiger partial charge in [0.05, 0.1) is 13.3 Å². The largest absolute Gasteiger partial charge is 0.376 e. The number of carbonyl (C=O) groups excluding carboxylic acids is 3. The first-order valence-electron chi connectivity index (χ1n) is 4.87. The van der Waals surface area contributed by atoms with Crippen LogP contribution in [0.4, 0.5) is 14.4 Å². The van der Waals surface area contributed by atoms with Crippen molar-refractivity contribution in [1.82, 2.24) is 31.9 Å². The molecule has 0 bridgehead atoms. The van der Waals surface area contributed by atoms with Crippen LogP contribution in [0.1, 0.15) is 0 Å². The van der Waals surface area contributed by atoms with Gasteiger partial charge in [-0.05, 0) is 0 Å². The minimum Gasteiger partial charge on any atom is -0.376 e. The van der Waals surface area contributed by atoms with Gasteiger partial charge in [0.2, 0.25) is 0 Å². The van der Waals surface area contributed by atoms with Crippen LogP contribution < -0.4 is 31.9 Å². The molecule has 0 aromatic rings. The standard InChI is InChI=1S/C7H16N6O5/c14-3-12-6(17)10-1-8-5(16)9-2-11-7(18)13-4-15/h14-15H,1-4H2,(H2,8,9,16)(H2,10,12,17)(H2,11,13,18). The third-order valence-electron chi connectivity index (χ3n) is 1.48. The van der Waals surface area contributed by atoms with Crippen LogP contribution in [-0.2, 0) is 0 Å². The fourth-order valence-corrected chi connectivity index (χ4v) is 0.741. The Bertz CT molecular complexity index is 259. The van der Waals surface area contributed by atoms with Crippen LogP contribution in [0, 0.1) is 0 Å². The molecule has 0 saturated carbocycles. The lowest BCUT2D eigenvalue weighted by Crippen LogP contribution is -2.49. The first kappa shape index (κ1) is 15.7. The highest BCUT2D eigenvalue weighted by molar-refractivity contribution is 5.77. The Kier molecular flexibility index (Phi) is 8.67. The molecule has 11 nitrogen and oxygen atoms in total. The molecule has 0 spiro atoms. The molecule has 0 heterocycles. The van der Waals surface area contributed by atoms with E-state index in [4.69, 9.17) is 10.2 Å². The number of rotatable bonds is 6. The van der Waals surface area contributed by atoms with Crippen LogP contribution in [0.15, 0.2) is 0 Å². The van der Waals surface area contributed by atoms with Gasteiger partial charge < -0.3 is 42.1 Å². The average molecular weight is 264 g/mol. The summed E-state index contributed by atoms with van der Waals surface area (Å²) in [5, 5.41) is 29.7. The minimum atomic E-state index is -0.641. The maximum Gasteiger partial charge on any atom is 0.317 e. The van der Waals surface area contributed by atoms with E-state index in [1.165, 1.54) is 0 Å². The highest BCUT2D eigenvalue weighted by Gasteiger charge is 2.02. The Morgan fingerprint density at radius 2 is 0.889 bits per heavy atom. The molecule has 6 amide bonds. The van der Waals surface area contributed by atoms with Gasteiger partial charge in [0.1, 0.15) is 13.5 Å². The van der Waals surface area contributed by atoms with Crippen LogP contribution in [0.5, 0.6) is 0 Å². The average Bonchev–Trinajstić information content (AvgIpc) is 2.29. The Morgan fingerprint density at radius 1 is 0.611 bits per heavy atom. The summed E-state index contributed by atoms with van der Waals surface area (Å²) in [7, 11) is 0. The molecule has 0 aromatic carbocycles. The van der Waals surface area contributed by atoms with E-state index >= 15 is 0 Å². The number of hydrogen-bond donors (Lipinski definition) is 8. The molecule has 0 rings (SSSR count). The summed E-state index contributed by atoms with van der Waals surface area (Å²) in [5.74, 6) is 0. The molecule has 104 valence electrons. The van der Waals surface area contributed by atoms with Crippen molar-refractivity contribution in [2.45, 2.75) is 0 Å². The lowest BCUT2D eigenvalue weighted by Gasteiger charge is -2.09. The van der Waals surface area contributed by atoms with Gasteiger partial charge in [0.25, 0.3) is 0 Å². The zero-order valence-corrected chi connectivity index (χ0v) is 9.45. The summed E-state index contributed by atoms with van der Waals surface area (Å²) in [6.45, 7) is -1.33. The summed E-state index contributed by atoms with van der Waals surface area (Å²) in [6.07, 6.45) is 0. The molecular weight excluding hydrogens is 248 g/mol. The normalized spacial score (nSPS) is 9.00. The minimum absolute atomic E-state index is 0.152. The molecule has 0 aliphatic rings. The molecule has 0 aliphatic heterocycles. The van der Waals surface area contributed by atoms with E-state index in [9.17, 15) is 14.4 Å². The number of aliphatic hydroxyl groups excluding tert-OH is 2. The molecule has 8 N–H and O–H groups in total. The molecule has 0 aliphatic carbocycles. The van der Waals surface area contributed by atoms with Crippen molar-refractivity contribution < 1.29 is 24.6 Å². The maximum atomic E-state index is 11.1. The summed E-state index contributed by atoms with van der Waals surface area (Å²) in [6, 6.07) is -1.90. The monoisotopic (exact) mass is 264 g/mol. The smallest absolute Gasteiger partial charge is 0.317 e. The van der Waals surface area contributed by atoms with E-state index in [0.29, 0.717) is 0 Å². The van der Waals surface area contributed by atoms with Gasteiger partial charge in [0, 0.05) is 0 Å². The molecule has 0 atom stereocenters. The van der Waals surface area contributed by atoms with Crippen LogP contribution in [0.25, 0.3) is 0 Å². The van der Waals surface area contributed by atoms with Gasteiger partial charge in [-0.25, -0.2) is 14.4 Å². The first-order chi connectivity index (χ1) is 8.60. The van der Waals surface area contributed by atoms with E-state index in [2.05, 4.69) is 21.3 Å². The SMILES string of the molecule is O=C(NCO)NCNC(=O)NCNC(=O)NCO. The van der Waals surface area contributed by atoms with Crippen molar-refractivity contribution in [3.05, 3.63) is 0 Å². The molecule has 0 fully saturated rings. The highest BCUT2D eigenvalue weighted by Crippen LogP contribution is 1.65. The quantitative estimate of drug-likeness (QED) is 0.235. The molecular formula is C7H16N6O5. The van der Waals surface area contributed by atoms with Gasteiger partial charge in [0.15, 0.2) is 0 Å². The zero-order chi connectivity index (χ0) is 13.8. The summed E-state index contributed by atoms with van der Waals surface area (Å²) >= 11 is 0. The lowest BCUT2D eigenvalue weighted by atomic mass is 10.8. The summed E-state index contributed by atoms with van der Waals surface area (Å²) in [5.41, 5.74) is 0. The lowest BCUT2D eigenvalue weighted by molar-refractivity contribution is 0.216. The molecule has 11 heteroatoms. The summed E-state index contributed by atoms with van der Waals surface area (Å²) in [4.78, 5) is 32.6. The molecule has 0 saturated heterocycles. The Balaban J connectivity index is 3.48. The Hall–Kier alpha value is -2.27. The van der Waals surface area contributed by atoms with Crippen LogP contribution >= 0.6 is 0 Å². The van der Waals surface area contributed by atoms with Gasteiger partial charge in [-0.1, -0.05) is 0 Å². The van der Waals surface area contributed by atoms with Crippen LogP contribution in [0.3, 0.4) is 0 Å². The van der Waals surface area contributed by atoms with Crippen molar-refractivity contribution in [3.63, 3.8) is 0 Å². The second-order valence-corrected chi connectivity index (χ2v) is 2.72. The second kappa shape index (κ2) is 9.92. The number of aliphatic hydroxyl groups is 2.